The van der Waals surface area contributed by atoms with Crippen molar-refractivity contribution in [2.45, 2.75) is 51.1 Å². The third-order valence-electron chi connectivity index (χ3n) is 5.07. The van der Waals surface area contributed by atoms with E-state index in [1.807, 2.05) is 24.0 Å². The summed E-state index contributed by atoms with van der Waals surface area (Å²) in [6.07, 6.45) is 4.96. The van der Waals surface area contributed by atoms with Gasteiger partial charge in [-0.25, -0.2) is 4.98 Å². The molecular weight excluding hydrogens is 370 g/mol. The van der Waals surface area contributed by atoms with Crippen LogP contribution in [0, 0.1) is 6.92 Å². The Morgan fingerprint density at radius 1 is 1.21 bits per heavy atom. The minimum Gasteiger partial charge on any atom is -0.336 e. The number of anilines is 1. The number of hydrogen-bond acceptors (Lipinski definition) is 4. The van der Waals surface area contributed by atoms with Crippen LogP contribution in [0.4, 0.5) is 5.69 Å². The monoisotopic (exact) mass is 397 g/mol. The number of piperidine rings is 1. The highest BCUT2D eigenvalue weighted by Gasteiger charge is 2.24. The third-order valence-corrected chi connectivity index (χ3v) is 5.88. The Labute approximate surface area is 170 Å². The third kappa shape index (κ3) is 4.73. The van der Waals surface area contributed by atoms with Crippen molar-refractivity contribution < 1.29 is 9.59 Å². The zero-order chi connectivity index (χ0) is 20.1. The molecule has 28 heavy (non-hydrogen) atoms. The quantitative estimate of drug-likeness (QED) is 0.738. The van der Waals surface area contributed by atoms with E-state index >= 15 is 0 Å². The fourth-order valence-electron chi connectivity index (χ4n) is 3.47. The SMILES string of the molecule is CCSc1cc(C(=O)Nc2ccc(C(=O)N3CCCCC3C)cc2C)ccn1. The van der Waals surface area contributed by atoms with Crippen LogP contribution in [0.2, 0.25) is 0 Å². The summed E-state index contributed by atoms with van der Waals surface area (Å²) >= 11 is 1.60. The first-order valence-electron chi connectivity index (χ1n) is 9.81. The number of aryl methyl sites for hydroxylation is 1. The summed E-state index contributed by atoms with van der Waals surface area (Å²) in [7, 11) is 0. The van der Waals surface area contributed by atoms with E-state index < -0.39 is 0 Å². The number of pyridine rings is 1. The number of nitrogens with one attached hydrogen (secondary N) is 1. The number of likely N-dealkylation sites (tertiary alicyclic amines) is 1. The maximum absolute atomic E-state index is 12.8. The molecule has 1 fully saturated rings. The van der Waals surface area contributed by atoms with Crippen molar-refractivity contribution in [2.24, 2.45) is 0 Å². The topological polar surface area (TPSA) is 62.3 Å². The molecule has 5 nitrogen and oxygen atoms in total. The van der Waals surface area contributed by atoms with E-state index in [1.54, 1.807) is 36.2 Å². The number of hydrogen-bond donors (Lipinski definition) is 1. The van der Waals surface area contributed by atoms with Gasteiger partial charge in [-0.2, -0.15) is 0 Å². The number of carbonyl (C=O) groups excluding carboxylic acids is 2. The van der Waals surface area contributed by atoms with Gasteiger partial charge in [-0.05, 0) is 74.8 Å². The standard InChI is InChI=1S/C22H27N3O2S/c1-4-28-20-14-17(10-11-23-20)21(26)24-19-9-8-18(13-15(19)2)22(27)25-12-6-5-7-16(25)3/h8-11,13-14,16H,4-7,12H2,1-3H3,(H,24,26). The molecule has 1 atom stereocenters. The lowest BCUT2D eigenvalue weighted by Crippen LogP contribution is -2.42. The molecule has 6 heteroatoms. The normalized spacial score (nSPS) is 16.7. The predicted octanol–water partition coefficient (Wildman–Crippen LogP) is 4.77. The van der Waals surface area contributed by atoms with Gasteiger partial charge in [-0.3, -0.25) is 9.59 Å². The Morgan fingerprint density at radius 3 is 2.75 bits per heavy atom. The van der Waals surface area contributed by atoms with Crippen LogP contribution in [0.15, 0.2) is 41.6 Å². The molecule has 148 valence electrons. The molecule has 1 unspecified atom stereocenters. The molecule has 2 aromatic rings. The highest BCUT2D eigenvalue weighted by molar-refractivity contribution is 7.99. The molecule has 0 spiro atoms. The largest absolute Gasteiger partial charge is 0.336 e. The van der Waals surface area contributed by atoms with Crippen LogP contribution in [0.3, 0.4) is 0 Å². The van der Waals surface area contributed by atoms with Crippen molar-refractivity contribution in [2.75, 3.05) is 17.6 Å². The average molecular weight is 398 g/mol. The molecule has 1 aliphatic rings. The molecule has 0 aliphatic carbocycles. The number of thioether (sulfide) groups is 1. The van der Waals surface area contributed by atoms with Gasteiger partial charge < -0.3 is 10.2 Å². The minimum atomic E-state index is -0.174. The number of nitrogens with zero attached hydrogens (tertiary/aromatic N) is 2. The molecule has 1 aromatic heterocycles. The summed E-state index contributed by atoms with van der Waals surface area (Å²) in [5.41, 5.74) is 2.85. The molecule has 1 N–H and O–H groups in total. The van der Waals surface area contributed by atoms with Crippen molar-refractivity contribution in [3.8, 4) is 0 Å². The molecule has 0 saturated carbocycles. The zero-order valence-electron chi connectivity index (χ0n) is 16.7. The van der Waals surface area contributed by atoms with Crippen molar-refractivity contribution >= 4 is 29.3 Å². The van der Waals surface area contributed by atoms with Gasteiger partial charge in [0.05, 0.1) is 5.03 Å². The fraction of sp³-hybridized carbons (Fsp3) is 0.409. The molecule has 1 saturated heterocycles. The van der Waals surface area contributed by atoms with E-state index in [0.717, 1.165) is 41.4 Å². The summed E-state index contributed by atoms with van der Waals surface area (Å²) in [6.45, 7) is 6.89. The number of aromatic nitrogens is 1. The predicted molar refractivity (Wildman–Crippen MR) is 114 cm³/mol. The van der Waals surface area contributed by atoms with Crippen molar-refractivity contribution in [3.63, 3.8) is 0 Å². The maximum Gasteiger partial charge on any atom is 0.255 e. The second-order valence-corrected chi connectivity index (χ2v) is 8.43. The Morgan fingerprint density at radius 2 is 2.04 bits per heavy atom. The Kier molecular flexibility index (Phi) is 6.73. The molecule has 1 aliphatic heterocycles. The van der Waals surface area contributed by atoms with Crippen molar-refractivity contribution in [1.82, 2.24) is 9.88 Å². The Hall–Kier alpha value is -2.34. The first-order chi connectivity index (χ1) is 13.5. The lowest BCUT2D eigenvalue weighted by Gasteiger charge is -2.33. The van der Waals surface area contributed by atoms with Gasteiger partial charge in [0.1, 0.15) is 0 Å². The fourth-order valence-corrected chi connectivity index (χ4v) is 4.12. The van der Waals surface area contributed by atoms with Crippen LogP contribution < -0.4 is 5.32 Å². The van der Waals surface area contributed by atoms with E-state index in [2.05, 4.69) is 24.1 Å². The Balaban J connectivity index is 1.73. The van der Waals surface area contributed by atoms with Crippen LogP contribution in [0.5, 0.6) is 0 Å². The number of rotatable bonds is 5. The minimum absolute atomic E-state index is 0.0727. The van der Waals surface area contributed by atoms with Gasteiger partial charge in [0.25, 0.3) is 11.8 Å². The highest BCUT2D eigenvalue weighted by Crippen LogP contribution is 2.23. The molecule has 0 bridgehead atoms. The first-order valence-corrected chi connectivity index (χ1v) is 10.8. The second-order valence-electron chi connectivity index (χ2n) is 7.14. The molecule has 1 aromatic carbocycles. The summed E-state index contributed by atoms with van der Waals surface area (Å²) in [6, 6.07) is 9.27. The lowest BCUT2D eigenvalue weighted by atomic mass is 10.0. The number of benzene rings is 1. The molecule has 0 radical (unpaired) electrons. The van der Waals surface area contributed by atoms with Gasteiger partial charge in [-0.15, -0.1) is 11.8 Å². The van der Waals surface area contributed by atoms with E-state index in [9.17, 15) is 9.59 Å². The molecule has 2 amide bonds. The van der Waals surface area contributed by atoms with Gasteiger partial charge in [-0.1, -0.05) is 6.92 Å². The summed E-state index contributed by atoms with van der Waals surface area (Å²) in [5.74, 6) is 0.804. The van der Waals surface area contributed by atoms with E-state index in [1.165, 1.54) is 6.42 Å². The summed E-state index contributed by atoms with van der Waals surface area (Å²) in [5, 5.41) is 3.79. The molecular formula is C22H27N3O2S. The van der Waals surface area contributed by atoms with Crippen LogP contribution in [-0.4, -0.2) is 40.0 Å². The summed E-state index contributed by atoms with van der Waals surface area (Å²) in [4.78, 5) is 31.7. The smallest absolute Gasteiger partial charge is 0.255 e. The second kappa shape index (κ2) is 9.24. The first kappa shape index (κ1) is 20.4. The van der Waals surface area contributed by atoms with E-state index in [-0.39, 0.29) is 17.9 Å². The zero-order valence-corrected chi connectivity index (χ0v) is 17.5. The molecule has 3 rings (SSSR count). The highest BCUT2D eigenvalue weighted by atomic mass is 32.2. The Bertz CT molecular complexity index is 869. The van der Waals surface area contributed by atoms with Crippen LogP contribution in [-0.2, 0) is 0 Å². The van der Waals surface area contributed by atoms with E-state index in [0.29, 0.717) is 11.1 Å². The molecule has 2 heterocycles. The number of amides is 2. The van der Waals surface area contributed by atoms with Gasteiger partial charge in [0.2, 0.25) is 0 Å². The van der Waals surface area contributed by atoms with Gasteiger partial charge in [0.15, 0.2) is 0 Å². The lowest BCUT2D eigenvalue weighted by molar-refractivity contribution is 0.0635. The van der Waals surface area contributed by atoms with Crippen LogP contribution >= 0.6 is 11.8 Å². The van der Waals surface area contributed by atoms with Gasteiger partial charge >= 0.3 is 0 Å². The van der Waals surface area contributed by atoms with Gasteiger partial charge in [0, 0.05) is 35.6 Å². The van der Waals surface area contributed by atoms with E-state index in [4.69, 9.17) is 0 Å². The van der Waals surface area contributed by atoms with Crippen LogP contribution in [0.25, 0.3) is 0 Å². The average Bonchev–Trinajstić information content (AvgIpc) is 2.70. The van der Waals surface area contributed by atoms with Crippen LogP contribution in [0.1, 0.15) is 59.4 Å². The van der Waals surface area contributed by atoms with Crippen molar-refractivity contribution in [1.29, 1.82) is 0 Å². The maximum atomic E-state index is 12.8. The number of carbonyl (C=O) groups is 2. The van der Waals surface area contributed by atoms with Crippen molar-refractivity contribution in [3.05, 3.63) is 53.2 Å². The summed E-state index contributed by atoms with van der Waals surface area (Å²) < 4.78 is 0.